The van der Waals surface area contributed by atoms with Gasteiger partial charge < -0.3 is 4.74 Å². The topological polar surface area (TPSA) is 38.2 Å². The smallest absolute Gasteiger partial charge is 0.217 e. The minimum absolute atomic E-state index is 0.274. The lowest BCUT2D eigenvalue weighted by molar-refractivity contribution is 0.208. The zero-order valence-corrected chi connectivity index (χ0v) is 11.1. The Labute approximate surface area is 104 Å². The third-order valence-corrected chi connectivity index (χ3v) is 3.20. The van der Waals surface area contributed by atoms with Gasteiger partial charge in [0.2, 0.25) is 5.88 Å². The molecular weight excluding hydrogens is 305 g/mol. The number of ether oxygens (including phenoxy) is 1. The minimum Gasteiger partial charge on any atom is -0.473 e. The lowest BCUT2D eigenvalue weighted by Gasteiger charge is -2.12. The number of hydrogen-bond acceptors (Lipinski definition) is 4. The van der Waals surface area contributed by atoms with Crippen LogP contribution in [0.5, 0.6) is 5.88 Å². The second-order valence-corrected chi connectivity index (χ2v) is 5.16. The maximum absolute atomic E-state index is 5.81. The fourth-order valence-corrected chi connectivity index (χ4v) is 2.42. The largest absolute Gasteiger partial charge is 0.473 e. The molecule has 1 saturated heterocycles. The van der Waals surface area contributed by atoms with Gasteiger partial charge in [0.1, 0.15) is 11.9 Å². The summed E-state index contributed by atoms with van der Waals surface area (Å²) in [4.78, 5) is 8.49. The Balaban J connectivity index is 2.04. The van der Waals surface area contributed by atoms with Gasteiger partial charge in [-0.05, 0) is 20.3 Å². The van der Waals surface area contributed by atoms with Gasteiger partial charge in [-0.3, -0.25) is 0 Å². The van der Waals surface area contributed by atoms with E-state index >= 15 is 0 Å². The zero-order chi connectivity index (χ0) is 10.8. The molecule has 0 amide bonds. The van der Waals surface area contributed by atoms with Gasteiger partial charge in [0, 0.05) is 47.7 Å². The molecule has 5 heteroatoms. The Morgan fingerprint density at radius 1 is 1.47 bits per heavy atom. The summed E-state index contributed by atoms with van der Waals surface area (Å²) in [6.07, 6.45) is 1.35. The Kier molecular flexibility index (Phi) is 3.40. The van der Waals surface area contributed by atoms with E-state index in [1.165, 1.54) is 0 Å². The highest BCUT2D eigenvalue weighted by atomic mass is 127. The standard InChI is InChI=1S/C10H14IN3O/c1-7-5-10(13-8(2)12-7)15-9-3-4-14(11)6-9/h5,9H,3-4,6H2,1-2H3/t9-/m1/s1. The van der Waals surface area contributed by atoms with E-state index in [1.807, 2.05) is 19.9 Å². The maximum atomic E-state index is 5.81. The van der Waals surface area contributed by atoms with Crippen molar-refractivity contribution >= 4 is 22.9 Å². The van der Waals surface area contributed by atoms with Crippen molar-refractivity contribution in [1.82, 2.24) is 13.1 Å². The Morgan fingerprint density at radius 2 is 2.27 bits per heavy atom. The van der Waals surface area contributed by atoms with Gasteiger partial charge in [-0.25, -0.2) is 8.10 Å². The molecule has 0 bridgehead atoms. The summed E-state index contributed by atoms with van der Waals surface area (Å²) in [5.74, 6) is 1.48. The lowest BCUT2D eigenvalue weighted by Crippen LogP contribution is -2.19. The highest BCUT2D eigenvalue weighted by Gasteiger charge is 2.22. The van der Waals surface area contributed by atoms with E-state index in [4.69, 9.17) is 4.74 Å². The number of aromatic nitrogens is 2. The highest BCUT2D eigenvalue weighted by Crippen LogP contribution is 2.19. The van der Waals surface area contributed by atoms with Crippen LogP contribution in [-0.2, 0) is 0 Å². The first kappa shape index (κ1) is 11.1. The molecule has 1 fully saturated rings. The first-order valence-corrected chi connectivity index (χ1v) is 5.99. The van der Waals surface area contributed by atoms with E-state index in [9.17, 15) is 0 Å². The van der Waals surface area contributed by atoms with E-state index in [0.717, 1.165) is 31.0 Å². The molecule has 2 rings (SSSR count). The lowest BCUT2D eigenvalue weighted by atomic mass is 10.3. The van der Waals surface area contributed by atoms with Gasteiger partial charge >= 0.3 is 0 Å². The number of hydrogen-bond donors (Lipinski definition) is 0. The van der Waals surface area contributed by atoms with E-state index in [0.29, 0.717) is 5.88 Å². The highest BCUT2D eigenvalue weighted by molar-refractivity contribution is 14.1. The number of aryl methyl sites for hydroxylation is 2. The third-order valence-electron chi connectivity index (χ3n) is 2.33. The van der Waals surface area contributed by atoms with Crippen LogP contribution in [0.25, 0.3) is 0 Å². The van der Waals surface area contributed by atoms with Gasteiger partial charge in [-0.1, -0.05) is 0 Å². The molecule has 1 aliphatic rings. The van der Waals surface area contributed by atoms with Crippen molar-refractivity contribution in [2.24, 2.45) is 0 Å². The first-order chi connectivity index (χ1) is 7.13. The molecule has 0 aromatic carbocycles. The Morgan fingerprint density at radius 3 is 2.87 bits per heavy atom. The molecule has 1 atom stereocenters. The van der Waals surface area contributed by atoms with Crippen molar-refractivity contribution in [2.45, 2.75) is 26.4 Å². The van der Waals surface area contributed by atoms with Crippen LogP contribution in [0.1, 0.15) is 17.9 Å². The first-order valence-electron chi connectivity index (χ1n) is 5.03. The predicted octanol–water partition coefficient (Wildman–Crippen LogP) is 1.90. The summed E-state index contributed by atoms with van der Waals surface area (Å²) in [5.41, 5.74) is 0.960. The fourth-order valence-electron chi connectivity index (χ4n) is 1.70. The van der Waals surface area contributed by atoms with Crippen molar-refractivity contribution in [1.29, 1.82) is 0 Å². The molecule has 2 heterocycles. The van der Waals surface area contributed by atoms with Crippen LogP contribution in [0.3, 0.4) is 0 Å². The molecule has 0 unspecified atom stereocenters. The van der Waals surface area contributed by atoms with Gasteiger partial charge in [-0.15, -0.1) is 0 Å². The molecule has 15 heavy (non-hydrogen) atoms. The average molecular weight is 319 g/mol. The molecule has 4 nitrogen and oxygen atoms in total. The molecule has 0 spiro atoms. The molecule has 82 valence electrons. The average Bonchev–Trinajstić information content (AvgIpc) is 2.49. The Hall–Kier alpha value is -0.430. The maximum Gasteiger partial charge on any atom is 0.217 e. The Bertz CT molecular complexity index is 338. The van der Waals surface area contributed by atoms with Crippen molar-refractivity contribution in [2.75, 3.05) is 13.1 Å². The van der Waals surface area contributed by atoms with Crippen LogP contribution in [-0.4, -0.2) is 32.3 Å². The molecule has 1 aromatic heterocycles. The van der Waals surface area contributed by atoms with Crippen LogP contribution in [0.15, 0.2) is 6.07 Å². The van der Waals surface area contributed by atoms with Gasteiger partial charge in [-0.2, -0.15) is 4.98 Å². The monoisotopic (exact) mass is 319 g/mol. The van der Waals surface area contributed by atoms with E-state index in [-0.39, 0.29) is 6.10 Å². The molecule has 0 aliphatic carbocycles. The van der Waals surface area contributed by atoms with Crippen LogP contribution >= 0.6 is 22.9 Å². The van der Waals surface area contributed by atoms with E-state index in [1.54, 1.807) is 0 Å². The van der Waals surface area contributed by atoms with Crippen molar-refractivity contribution < 1.29 is 4.74 Å². The van der Waals surface area contributed by atoms with E-state index in [2.05, 4.69) is 35.9 Å². The fraction of sp³-hybridized carbons (Fsp3) is 0.600. The molecule has 0 N–H and O–H groups in total. The summed E-state index contributed by atoms with van der Waals surface area (Å²) in [7, 11) is 0. The number of nitrogens with zero attached hydrogens (tertiary/aromatic N) is 3. The zero-order valence-electron chi connectivity index (χ0n) is 8.90. The van der Waals surface area contributed by atoms with Crippen LogP contribution < -0.4 is 4.74 Å². The molecule has 0 radical (unpaired) electrons. The quantitative estimate of drug-likeness (QED) is 0.616. The predicted molar refractivity (Wildman–Crippen MR) is 66.1 cm³/mol. The van der Waals surface area contributed by atoms with Gasteiger partial charge in [0.05, 0.1) is 0 Å². The summed E-state index contributed by atoms with van der Waals surface area (Å²) >= 11 is 2.32. The molecule has 1 aliphatic heterocycles. The van der Waals surface area contributed by atoms with Crippen molar-refractivity contribution in [3.05, 3.63) is 17.6 Å². The van der Waals surface area contributed by atoms with Crippen molar-refractivity contribution in [3.8, 4) is 5.88 Å². The van der Waals surface area contributed by atoms with Crippen molar-refractivity contribution in [3.63, 3.8) is 0 Å². The van der Waals surface area contributed by atoms with Gasteiger partial charge in [0.25, 0.3) is 0 Å². The molecule has 1 aromatic rings. The summed E-state index contributed by atoms with van der Waals surface area (Å²) < 4.78 is 8.05. The van der Waals surface area contributed by atoms with Crippen LogP contribution in [0.4, 0.5) is 0 Å². The normalized spacial score (nSPS) is 21.9. The second-order valence-electron chi connectivity index (χ2n) is 3.79. The summed E-state index contributed by atoms with van der Waals surface area (Å²) in [6, 6.07) is 1.89. The number of halogens is 1. The summed E-state index contributed by atoms with van der Waals surface area (Å²) in [5, 5.41) is 0. The minimum atomic E-state index is 0.274. The SMILES string of the molecule is Cc1cc(O[C@@H]2CCN(I)C2)nc(C)n1. The summed E-state index contributed by atoms with van der Waals surface area (Å²) in [6.45, 7) is 5.91. The van der Waals surface area contributed by atoms with E-state index < -0.39 is 0 Å². The number of rotatable bonds is 2. The molecule has 0 saturated carbocycles. The van der Waals surface area contributed by atoms with Gasteiger partial charge in [0.15, 0.2) is 0 Å². The van der Waals surface area contributed by atoms with Crippen LogP contribution in [0.2, 0.25) is 0 Å². The molecular formula is C10H14IN3O. The third kappa shape index (κ3) is 3.01. The second kappa shape index (κ2) is 4.61. The van der Waals surface area contributed by atoms with Crippen LogP contribution in [0, 0.1) is 13.8 Å².